The molecule has 1 saturated carbocycles. The molecule has 1 aliphatic rings. The molecule has 1 amide bonds. The number of aliphatic hydroxyl groups is 1. The number of nitrogens with zero attached hydrogens (tertiary/aromatic N) is 1. The Bertz CT molecular complexity index is 208. The minimum Gasteiger partial charge on any atom is -0.393 e. The van der Waals surface area contributed by atoms with E-state index in [-0.39, 0.29) is 17.9 Å². The van der Waals surface area contributed by atoms with Crippen molar-refractivity contribution in [2.24, 2.45) is 5.92 Å². The number of carbonyl (C=O) groups is 1. The molecule has 1 rings (SSSR count). The molecule has 88 valence electrons. The van der Waals surface area contributed by atoms with Crippen molar-refractivity contribution in [3.63, 3.8) is 0 Å². The fourth-order valence-corrected chi connectivity index (χ4v) is 2.30. The molecule has 0 aliphatic heterocycles. The third-order valence-corrected chi connectivity index (χ3v) is 3.22. The molecule has 0 atom stereocenters. The zero-order valence-corrected chi connectivity index (χ0v) is 10.1. The summed E-state index contributed by atoms with van der Waals surface area (Å²) in [6.45, 7) is 6.72. The van der Waals surface area contributed by atoms with Gasteiger partial charge in [0.05, 0.1) is 6.10 Å². The minimum atomic E-state index is -0.144. The van der Waals surface area contributed by atoms with Crippen LogP contribution in [0.1, 0.15) is 46.5 Å². The quantitative estimate of drug-likeness (QED) is 0.776. The van der Waals surface area contributed by atoms with Gasteiger partial charge in [-0.2, -0.15) is 0 Å². The zero-order chi connectivity index (χ0) is 11.4. The summed E-state index contributed by atoms with van der Waals surface area (Å²) in [5, 5.41) is 9.43. The smallest absolute Gasteiger partial charge is 0.225 e. The predicted octanol–water partition coefficient (Wildman–Crippen LogP) is 1.79. The standard InChI is InChI=1S/C12H23NO2/c1-4-13(12(15)9(2)3)10-5-7-11(14)8-6-10/h9-11,14H,4-8H2,1-3H3. The Kier molecular flexibility index (Phi) is 4.58. The van der Waals surface area contributed by atoms with Gasteiger partial charge in [0.25, 0.3) is 0 Å². The molecule has 0 bridgehead atoms. The number of hydrogen-bond acceptors (Lipinski definition) is 2. The van der Waals surface area contributed by atoms with Gasteiger partial charge in [-0.25, -0.2) is 0 Å². The molecular formula is C12H23NO2. The number of carbonyl (C=O) groups excluding carboxylic acids is 1. The largest absolute Gasteiger partial charge is 0.393 e. The normalized spacial score (nSPS) is 26.7. The molecule has 0 spiro atoms. The fraction of sp³-hybridized carbons (Fsp3) is 0.917. The van der Waals surface area contributed by atoms with E-state index in [9.17, 15) is 9.90 Å². The van der Waals surface area contributed by atoms with Crippen LogP contribution in [-0.4, -0.2) is 34.6 Å². The van der Waals surface area contributed by atoms with Gasteiger partial charge in [-0.15, -0.1) is 0 Å². The molecule has 1 aliphatic carbocycles. The molecule has 0 unspecified atom stereocenters. The van der Waals surface area contributed by atoms with E-state index < -0.39 is 0 Å². The van der Waals surface area contributed by atoms with Crippen LogP contribution in [0.25, 0.3) is 0 Å². The molecule has 1 N–H and O–H groups in total. The van der Waals surface area contributed by atoms with E-state index in [1.807, 2.05) is 25.7 Å². The van der Waals surface area contributed by atoms with Gasteiger partial charge in [0.1, 0.15) is 0 Å². The molecule has 1 fully saturated rings. The van der Waals surface area contributed by atoms with E-state index in [4.69, 9.17) is 0 Å². The van der Waals surface area contributed by atoms with E-state index in [0.29, 0.717) is 6.04 Å². The van der Waals surface area contributed by atoms with Gasteiger partial charge in [0, 0.05) is 18.5 Å². The highest BCUT2D eigenvalue weighted by molar-refractivity contribution is 5.78. The summed E-state index contributed by atoms with van der Waals surface area (Å²) in [4.78, 5) is 13.9. The minimum absolute atomic E-state index is 0.0804. The Hall–Kier alpha value is -0.570. The molecular weight excluding hydrogens is 190 g/mol. The van der Waals surface area contributed by atoms with Gasteiger partial charge in [-0.05, 0) is 32.6 Å². The number of hydrogen-bond donors (Lipinski definition) is 1. The predicted molar refractivity (Wildman–Crippen MR) is 60.5 cm³/mol. The summed E-state index contributed by atoms with van der Waals surface area (Å²) in [6.07, 6.45) is 3.44. The molecule has 0 heterocycles. The van der Waals surface area contributed by atoms with Crippen LogP contribution >= 0.6 is 0 Å². The monoisotopic (exact) mass is 213 g/mol. The van der Waals surface area contributed by atoms with Gasteiger partial charge in [0.2, 0.25) is 5.91 Å². The first kappa shape index (κ1) is 12.5. The van der Waals surface area contributed by atoms with Crippen LogP contribution in [0.2, 0.25) is 0 Å². The number of aliphatic hydroxyl groups excluding tert-OH is 1. The van der Waals surface area contributed by atoms with Gasteiger partial charge < -0.3 is 10.0 Å². The van der Waals surface area contributed by atoms with Gasteiger partial charge >= 0.3 is 0 Å². The summed E-state index contributed by atoms with van der Waals surface area (Å²) in [5.74, 6) is 0.329. The van der Waals surface area contributed by atoms with Crippen molar-refractivity contribution in [2.75, 3.05) is 6.54 Å². The highest BCUT2D eigenvalue weighted by atomic mass is 16.3. The van der Waals surface area contributed by atoms with Crippen LogP contribution in [0.5, 0.6) is 0 Å². The molecule has 0 aromatic rings. The fourth-order valence-electron chi connectivity index (χ4n) is 2.30. The van der Waals surface area contributed by atoms with Gasteiger partial charge in [-0.3, -0.25) is 4.79 Å². The lowest BCUT2D eigenvalue weighted by Gasteiger charge is -2.36. The van der Waals surface area contributed by atoms with Crippen molar-refractivity contribution >= 4 is 5.91 Å². The van der Waals surface area contributed by atoms with Crippen molar-refractivity contribution in [3.05, 3.63) is 0 Å². The molecule has 3 nitrogen and oxygen atoms in total. The summed E-state index contributed by atoms with van der Waals surface area (Å²) < 4.78 is 0. The number of rotatable bonds is 3. The third kappa shape index (κ3) is 3.20. The Morgan fingerprint density at radius 1 is 1.33 bits per heavy atom. The second-order valence-corrected chi connectivity index (χ2v) is 4.74. The highest BCUT2D eigenvalue weighted by Gasteiger charge is 2.27. The average molecular weight is 213 g/mol. The van der Waals surface area contributed by atoms with E-state index in [2.05, 4.69) is 0 Å². The lowest BCUT2D eigenvalue weighted by atomic mass is 9.91. The summed E-state index contributed by atoms with van der Waals surface area (Å²) in [5.41, 5.74) is 0. The summed E-state index contributed by atoms with van der Waals surface area (Å²) >= 11 is 0. The lowest BCUT2D eigenvalue weighted by Crippen LogP contribution is -2.44. The van der Waals surface area contributed by atoms with E-state index in [0.717, 1.165) is 32.2 Å². The van der Waals surface area contributed by atoms with Crippen LogP contribution < -0.4 is 0 Å². The van der Waals surface area contributed by atoms with Crippen LogP contribution in [0, 0.1) is 5.92 Å². The Balaban J connectivity index is 2.55. The van der Waals surface area contributed by atoms with Crippen LogP contribution in [0.4, 0.5) is 0 Å². The molecule has 0 aromatic carbocycles. The van der Waals surface area contributed by atoms with Crippen LogP contribution in [-0.2, 0) is 4.79 Å². The first-order chi connectivity index (χ1) is 7.06. The Labute approximate surface area is 92.5 Å². The van der Waals surface area contributed by atoms with E-state index >= 15 is 0 Å². The molecule has 3 heteroatoms. The Morgan fingerprint density at radius 3 is 2.27 bits per heavy atom. The molecule has 0 aromatic heterocycles. The summed E-state index contributed by atoms with van der Waals surface area (Å²) in [7, 11) is 0. The molecule has 0 radical (unpaired) electrons. The van der Waals surface area contributed by atoms with Crippen molar-refractivity contribution in [1.29, 1.82) is 0 Å². The lowest BCUT2D eigenvalue weighted by molar-refractivity contribution is -0.137. The number of amides is 1. The van der Waals surface area contributed by atoms with Gasteiger partial charge in [0.15, 0.2) is 0 Å². The first-order valence-corrected chi connectivity index (χ1v) is 6.04. The maximum absolute atomic E-state index is 11.9. The first-order valence-electron chi connectivity index (χ1n) is 6.04. The maximum Gasteiger partial charge on any atom is 0.225 e. The maximum atomic E-state index is 11.9. The molecule has 0 saturated heterocycles. The van der Waals surface area contributed by atoms with Crippen LogP contribution in [0.3, 0.4) is 0 Å². The van der Waals surface area contributed by atoms with Gasteiger partial charge in [-0.1, -0.05) is 13.8 Å². The zero-order valence-electron chi connectivity index (χ0n) is 10.1. The molecule has 15 heavy (non-hydrogen) atoms. The topological polar surface area (TPSA) is 40.5 Å². The summed E-state index contributed by atoms with van der Waals surface area (Å²) in [6, 6.07) is 0.355. The van der Waals surface area contributed by atoms with E-state index in [1.54, 1.807) is 0 Å². The van der Waals surface area contributed by atoms with Crippen molar-refractivity contribution in [3.8, 4) is 0 Å². The van der Waals surface area contributed by atoms with E-state index in [1.165, 1.54) is 0 Å². The second kappa shape index (κ2) is 5.50. The SMILES string of the molecule is CCN(C(=O)C(C)C)C1CCC(O)CC1. The van der Waals surface area contributed by atoms with Crippen molar-refractivity contribution in [1.82, 2.24) is 4.90 Å². The van der Waals surface area contributed by atoms with Crippen LogP contribution in [0.15, 0.2) is 0 Å². The average Bonchev–Trinajstić information content (AvgIpc) is 2.21. The van der Waals surface area contributed by atoms with Crippen molar-refractivity contribution in [2.45, 2.75) is 58.6 Å². The third-order valence-electron chi connectivity index (χ3n) is 3.22. The Morgan fingerprint density at radius 2 is 1.87 bits per heavy atom. The highest BCUT2D eigenvalue weighted by Crippen LogP contribution is 2.24. The van der Waals surface area contributed by atoms with Crippen molar-refractivity contribution < 1.29 is 9.90 Å². The second-order valence-electron chi connectivity index (χ2n) is 4.74.